The van der Waals surface area contributed by atoms with E-state index < -0.39 is 27.7 Å². The Balaban J connectivity index is 2.25. The van der Waals surface area contributed by atoms with E-state index in [0.29, 0.717) is 0 Å². The fourth-order valence-electron chi connectivity index (χ4n) is 1.92. The van der Waals surface area contributed by atoms with Gasteiger partial charge in [-0.2, -0.15) is 4.31 Å². The molecule has 1 heterocycles. The van der Waals surface area contributed by atoms with E-state index >= 15 is 0 Å². The van der Waals surface area contributed by atoms with Gasteiger partial charge in [0.1, 0.15) is 5.82 Å². The van der Waals surface area contributed by atoms with Crippen molar-refractivity contribution >= 4 is 16.0 Å². The van der Waals surface area contributed by atoms with E-state index in [2.05, 4.69) is 0 Å². The minimum atomic E-state index is -3.80. The highest BCUT2D eigenvalue weighted by molar-refractivity contribution is 7.89. The SMILES string of the molecule is O=C(O)[C@H]1CCN(S(=O)(=O)c2cccc(F)c2)C1. The van der Waals surface area contributed by atoms with Gasteiger partial charge >= 0.3 is 5.97 Å². The Morgan fingerprint density at radius 1 is 1.44 bits per heavy atom. The molecule has 2 rings (SSSR count). The second-order valence-corrected chi connectivity index (χ2v) is 6.08. The second kappa shape index (κ2) is 4.66. The molecule has 5 nitrogen and oxygen atoms in total. The molecule has 1 aliphatic rings. The Morgan fingerprint density at radius 3 is 2.72 bits per heavy atom. The predicted molar refractivity (Wildman–Crippen MR) is 60.9 cm³/mol. The summed E-state index contributed by atoms with van der Waals surface area (Å²) in [7, 11) is -3.80. The minimum absolute atomic E-state index is 0.0613. The third-order valence-corrected chi connectivity index (χ3v) is 4.80. The third kappa shape index (κ3) is 2.37. The fourth-order valence-corrected chi connectivity index (χ4v) is 3.46. The highest BCUT2D eigenvalue weighted by Gasteiger charge is 2.35. The molecule has 1 atom stereocenters. The first-order chi connectivity index (χ1) is 8.41. The normalized spacial score (nSPS) is 21.1. The maximum absolute atomic E-state index is 13.0. The van der Waals surface area contributed by atoms with Gasteiger partial charge in [0.05, 0.1) is 10.8 Å². The van der Waals surface area contributed by atoms with Gasteiger partial charge in [-0.25, -0.2) is 12.8 Å². The first-order valence-electron chi connectivity index (χ1n) is 5.40. The Kier molecular flexibility index (Phi) is 3.36. The molecule has 1 aromatic rings. The Labute approximate surface area is 104 Å². The van der Waals surface area contributed by atoms with Crippen molar-refractivity contribution in [3.05, 3.63) is 30.1 Å². The number of hydrogen-bond donors (Lipinski definition) is 1. The lowest BCUT2D eigenvalue weighted by Gasteiger charge is -2.15. The molecule has 0 spiro atoms. The molecule has 0 aliphatic carbocycles. The summed E-state index contributed by atoms with van der Waals surface area (Å²) >= 11 is 0. The van der Waals surface area contributed by atoms with Gasteiger partial charge in [0.2, 0.25) is 10.0 Å². The van der Waals surface area contributed by atoms with Gasteiger partial charge in [0.25, 0.3) is 0 Å². The lowest BCUT2D eigenvalue weighted by molar-refractivity contribution is -0.141. The monoisotopic (exact) mass is 273 g/mol. The molecule has 98 valence electrons. The van der Waals surface area contributed by atoms with E-state index in [0.717, 1.165) is 16.4 Å². The number of sulfonamides is 1. The highest BCUT2D eigenvalue weighted by atomic mass is 32.2. The number of nitrogens with zero attached hydrogens (tertiary/aromatic N) is 1. The van der Waals surface area contributed by atoms with Crippen molar-refractivity contribution in [2.75, 3.05) is 13.1 Å². The number of aliphatic carboxylic acids is 1. The summed E-state index contributed by atoms with van der Waals surface area (Å²) in [6, 6.07) is 4.70. The number of carboxylic acids is 1. The molecule has 1 fully saturated rings. The van der Waals surface area contributed by atoms with Crippen LogP contribution in [-0.4, -0.2) is 36.9 Å². The van der Waals surface area contributed by atoms with Crippen molar-refractivity contribution in [2.45, 2.75) is 11.3 Å². The fraction of sp³-hybridized carbons (Fsp3) is 0.364. The Bertz CT molecular complexity index is 572. The van der Waals surface area contributed by atoms with Gasteiger partial charge in [-0.05, 0) is 24.6 Å². The number of benzene rings is 1. The van der Waals surface area contributed by atoms with Crippen LogP contribution in [0, 0.1) is 11.7 Å². The van der Waals surface area contributed by atoms with Crippen molar-refractivity contribution in [3.63, 3.8) is 0 Å². The smallest absolute Gasteiger partial charge is 0.307 e. The zero-order valence-electron chi connectivity index (χ0n) is 9.41. The molecule has 18 heavy (non-hydrogen) atoms. The van der Waals surface area contributed by atoms with Crippen LogP contribution in [0.15, 0.2) is 29.2 Å². The van der Waals surface area contributed by atoms with Crippen molar-refractivity contribution in [3.8, 4) is 0 Å². The van der Waals surface area contributed by atoms with E-state index in [9.17, 15) is 17.6 Å². The minimum Gasteiger partial charge on any atom is -0.481 e. The molecule has 1 saturated heterocycles. The van der Waals surface area contributed by atoms with Crippen LogP contribution < -0.4 is 0 Å². The Morgan fingerprint density at radius 2 is 2.17 bits per heavy atom. The van der Waals surface area contributed by atoms with Crippen LogP contribution in [0.25, 0.3) is 0 Å². The molecular formula is C11H12FNO4S. The number of halogens is 1. The maximum atomic E-state index is 13.0. The molecule has 1 aromatic carbocycles. The number of hydrogen-bond acceptors (Lipinski definition) is 3. The van der Waals surface area contributed by atoms with E-state index in [1.54, 1.807) is 0 Å². The predicted octanol–water partition coefficient (Wildman–Crippen LogP) is 0.921. The third-order valence-electron chi connectivity index (χ3n) is 2.93. The summed E-state index contributed by atoms with van der Waals surface area (Å²) in [6.45, 7) is 0.0873. The first kappa shape index (κ1) is 13.0. The average molecular weight is 273 g/mol. The standard InChI is InChI=1S/C11H12FNO4S/c12-9-2-1-3-10(6-9)18(16,17)13-5-4-8(7-13)11(14)15/h1-3,6,8H,4-5,7H2,(H,14,15)/t8-/m0/s1. The van der Waals surface area contributed by atoms with Crippen molar-refractivity contribution in [1.82, 2.24) is 4.31 Å². The molecule has 0 unspecified atom stereocenters. The zero-order valence-corrected chi connectivity index (χ0v) is 10.2. The molecule has 0 amide bonds. The van der Waals surface area contributed by atoms with E-state index in [1.165, 1.54) is 12.1 Å². The van der Waals surface area contributed by atoms with Crippen LogP contribution in [-0.2, 0) is 14.8 Å². The molecule has 0 radical (unpaired) electrons. The summed E-state index contributed by atoms with van der Waals surface area (Å²) < 4.78 is 38.3. The van der Waals surface area contributed by atoms with Crippen LogP contribution in [0.4, 0.5) is 4.39 Å². The van der Waals surface area contributed by atoms with Crippen molar-refractivity contribution in [1.29, 1.82) is 0 Å². The average Bonchev–Trinajstić information content (AvgIpc) is 2.79. The van der Waals surface area contributed by atoms with Gasteiger partial charge in [-0.15, -0.1) is 0 Å². The summed E-state index contributed by atoms with van der Waals surface area (Å²) in [6.07, 6.45) is 0.282. The number of carboxylic acid groups (broad SMARTS) is 1. The highest BCUT2D eigenvalue weighted by Crippen LogP contribution is 2.24. The van der Waals surface area contributed by atoms with Gasteiger partial charge in [0, 0.05) is 13.1 Å². The Hall–Kier alpha value is -1.47. The van der Waals surface area contributed by atoms with Crippen LogP contribution in [0.1, 0.15) is 6.42 Å². The molecule has 7 heteroatoms. The second-order valence-electron chi connectivity index (χ2n) is 4.14. The molecule has 1 aliphatic heterocycles. The first-order valence-corrected chi connectivity index (χ1v) is 6.84. The largest absolute Gasteiger partial charge is 0.481 e. The zero-order chi connectivity index (χ0) is 13.3. The molecule has 0 saturated carbocycles. The van der Waals surface area contributed by atoms with Crippen LogP contribution in [0.2, 0.25) is 0 Å². The van der Waals surface area contributed by atoms with Crippen LogP contribution in [0.5, 0.6) is 0 Å². The summed E-state index contributed by atoms with van der Waals surface area (Å²) in [5.74, 6) is -2.33. The maximum Gasteiger partial charge on any atom is 0.307 e. The van der Waals surface area contributed by atoms with Gasteiger partial charge in [-0.1, -0.05) is 6.07 Å². The van der Waals surface area contributed by atoms with E-state index in [4.69, 9.17) is 5.11 Å². The van der Waals surface area contributed by atoms with Gasteiger partial charge in [-0.3, -0.25) is 4.79 Å². The number of rotatable bonds is 3. The molecular weight excluding hydrogens is 261 g/mol. The summed E-state index contributed by atoms with van der Waals surface area (Å²) in [4.78, 5) is 10.6. The van der Waals surface area contributed by atoms with E-state index in [-0.39, 0.29) is 24.4 Å². The van der Waals surface area contributed by atoms with Gasteiger partial charge in [0.15, 0.2) is 0 Å². The lowest BCUT2D eigenvalue weighted by atomic mass is 10.1. The number of carbonyl (C=O) groups is 1. The summed E-state index contributed by atoms with van der Waals surface area (Å²) in [5, 5.41) is 8.83. The van der Waals surface area contributed by atoms with Crippen molar-refractivity contribution in [2.24, 2.45) is 5.92 Å². The lowest BCUT2D eigenvalue weighted by Crippen LogP contribution is -2.30. The molecule has 0 bridgehead atoms. The molecule has 0 aromatic heterocycles. The van der Waals surface area contributed by atoms with Crippen LogP contribution in [0.3, 0.4) is 0 Å². The summed E-state index contributed by atoms with van der Waals surface area (Å²) in [5.41, 5.74) is 0. The van der Waals surface area contributed by atoms with E-state index in [1.807, 2.05) is 0 Å². The topological polar surface area (TPSA) is 74.7 Å². The van der Waals surface area contributed by atoms with Crippen LogP contribution >= 0.6 is 0 Å². The quantitative estimate of drug-likeness (QED) is 0.888. The van der Waals surface area contributed by atoms with Gasteiger partial charge < -0.3 is 5.11 Å². The van der Waals surface area contributed by atoms with Crippen molar-refractivity contribution < 1.29 is 22.7 Å². The molecule has 1 N–H and O–H groups in total.